The SMILES string of the molecule is C=CCOC(=O)c1cccc(C)c1OS(=O)(=O)NC(=O)Nc1nc(C)cc(OC)n1. The standard InChI is InChI=1S/C18H20N4O7S/c1-5-9-28-16(23)13-8-6-7-11(2)15(13)29-30(25,26)22-18(24)21-17-19-12(3)10-14(20-17)27-4/h5-8,10H,1,9H2,2-4H3,(H2,19,20,21,22,24). The monoisotopic (exact) mass is 436 g/mol. The summed E-state index contributed by atoms with van der Waals surface area (Å²) in [7, 11) is -3.28. The number of carbonyl (C=O) groups excluding carboxylic acids is 2. The molecule has 0 aliphatic heterocycles. The molecule has 160 valence electrons. The number of methoxy groups -OCH3 is 1. The fourth-order valence-electron chi connectivity index (χ4n) is 2.21. The van der Waals surface area contributed by atoms with E-state index in [0.717, 1.165) is 0 Å². The third-order valence-corrected chi connectivity index (χ3v) is 4.26. The van der Waals surface area contributed by atoms with Gasteiger partial charge in [-0.1, -0.05) is 24.8 Å². The van der Waals surface area contributed by atoms with Crippen molar-refractivity contribution >= 4 is 28.3 Å². The summed E-state index contributed by atoms with van der Waals surface area (Å²) in [5.41, 5.74) is 0.689. The first kappa shape index (κ1) is 22.6. The van der Waals surface area contributed by atoms with Crippen molar-refractivity contribution in [1.29, 1.82) is 0 Å². The summed E-state index contributed by atoms with van der Waals surface area (Å²) in [6.07, 6.45) is 1.36. The highest BCUT2D eigenvalue weighted by Crippen LogP contribution is 2.25. The van der Waals surface area contributed by atoms with E-state index >= 15 is 0 Å². The summed E-state index contributed by atoms with van der Waals surface area (Å²) in [6, 6.07) is 4.74. The summed E-state index contributed by atoms with van der Waals surface area (Å²) < 4.78 is 41.1. The number of benzene rings is 1. The van der Waals surface area contributed by atoms with E-state index in [1.54, 1.807) is 11.6 Å². The van der Waals surface area contributed by atoms with Crippen molar-refractivity contribution in [3.05, 3.63) is 53.7 Å². The van der Waals surface area contributed by atoms with Crippen LogP contribution in [0.1, 0.15) is 21.6 Å². The maximum atomic E-state index is 12.3. The molecule has 0 radical (unpaired) electrons. The molecule has 2 aromatic rings. The van der Waals surface area contributed by atoms with E-state index in [9.17, 15) is 18.0 Å². The molecule has 0 aliphatic carbocycles. The minimum Gasteiger partial charge on any atom is -0.481 e. The zero-order chi connectivity index (χ0) is 22.3. The van der Waals surface area contributed by atoms with Crippen LogP contribution >= 0.6 is 0 Å². The van der Waals surface area contributed by atoms with Gasteiger partial charge in [-0.15, -0.1) is 0 Å². The lowest BCUT2D eigenvalue weighted by Crippen LogP contribution is -2.38. The van der Waals surface area contributed by atoms with Gasteiger partial charge in [0.25, 0.3) is 0 Å². The minimum absolute atomic E-state index is 0.0699. The third-order valence-electron chi connectivity index (χ3n) is 3.44. The number of anilines is 1. The van der Waals surface area contributed by atoms with Crippen molar-refractivity contribution in [2.24, 2.45) is 0 Å². The molecule has 2 rings (SSSR count). The molecule has 0 saturated carbocycles. The van der Waals surface area contributed by atoms with Gasteiger partial charge in [-0.05, 0) is 25.5 Å². The molecule has 12 heteroatoms. The van der Waals surface area contributed by atoms with Gasteiger partial charge in [0.05, 0.1) is 7.11 Å². The Bertz CT molecular complexity index is 1070. The number of aryl methyl sites for hydroxylation is 2. The zero-order valence-corrected chi connectivity index (χ0v) is 17.3. The lowest BCUT2D eigenvalue weighted by atomic mass is 10.1. The first-order valence-electron chi connectivity index (χ1n) is 8.45. The Labute approximate surface area is 173 Å². The van der Waals surface area contributed by atoms with Crippen LogP contribution in [-0.4, -0.2) is 44.1 Å². The molecule has 30 heavy (non-hydrogen) atoms. The van der Waals surface area contributed by atoms with Gasteiger partial charge < -0.3 is 13.7 Å². The molecule has 11 nitrogen and oxygen atoms in total. The van der Waals surface area contributed by atoms with Crippen molar-refractivity contribution in [2.45, 2.75) is 13.8 Å². The second-order valence-corrected chi connectivity index (χ2v) is 7.09. The molecule has 0 fully saturated rings. The second kappa shape index (κ2) is 9.69. The highest BCUT2D eigenvalue weighted by Gasteiger charge is 2.24. The molecular formula is C18H20N4O7S. The normalized spacial score (nSPS) is 10.6. The summed E-state index contributed by atoms with van der Waals surface area (Å²) in [5, 5.41) is 2.17. The van der Waals surface area contributed by atoms with Crippen molar-refractivity contribution in [3.63, 3.8) is 0 Å². The van der Waals surface area contributed by atoms with Crippen LogP contribution in [0.25, 0.3) is 0 Å². The quantitative estimate of drug-likeness (QED) is 0.468. The predicted molar refractivity (Wildman–Crippen MR) is 107 cm³/mol. The van der Waals surface area contributed by atoms with Crippen molar-refractivity contribution < 1.29 is 31.7 Å². The Morgan fingerprint density at radius 2 is 1.97 bits per heavy atom. The smallest absolute Gasteiger partial charge is 0.411 e. The summed E-state index contributed by atoms with van der Waals surface area (Å²) >= 11 is 0. The molecular weight excluding hydrogens is 416 g/mol. The number of rotatable bonds is 8. The number of hydrogen-bond acceptors (Lipinski definition) is 9. The summed E-state index contributed by atoms with van der Waals surface area (Å²) in [6.45, 7) is 6.53. The molecule has 0 unspecified atom stereocenters. The van der Waals surface area contributed by atoms with Crippen LogP contribution < -0.4 is 19.0 Å². The van der Waals surface area contributed by atoms with Gasteiger partial charge in [-0.2, -0.15) is 13.4 Å². The number of nitrogens with one attached hydrogen (secondary N) is 2. The number of esters is 1. The van der Waals surface area contributed by atoms with Gasteiger partial charge in [0, 0.05) is 11.8 Å². The minimum atomic E-state index is -4.66. The second-order valence-electron chi connectivity index (χ2n) is 5.81. The number of hydrogen-bond donors (Lipinski definition) is 2. The van der Waals surface area contributed by atoms with E-state index < -0.39 is 22.3 Å². The van der Waals surface area contributed by atoms with Crippen LogP contribution in [-0.2, 0) is 15.0 Å². The third kappa shape index (κ3) is 6.17. The average molecular weight is 436 g/mol. The van der Waals surface area contributed by atoms with Gasteiger partial charge >= 0.3 is 22.3 Å². The largest absolute Gasteiger partial charge is 0.481 e. The highest BCUT2D eigenvalue weighted by molar-refractivity contribution is 7.85. The average Bonchev–Trinajstić information content (AvgIpc) is 2.66. The van der Waals surface area contributed by atoms with Crippen LogP contribution in [0.3, 0.4) is 0 Å². The molecule has 2 amide bonds. The van der Waals surface area contributed by atoms with Crippen molar-refractivity contribution in [1.82, 2.24) is 14.7 Å². The number of aromatic nitrogens is 2. The Balaban J connectivity index is 2.17. The van der Waals surface area contributed by atoms with Gasteiger partial charge in [0.2, 0.25) is 11.8 Å². The molecule has 2 N–H and O–H groups in total. The van der Waals surface area contributed by atoms with E-state index in [1.165, 1.54) is 44.4 Å². The number of nitrogens with zero attached hydrogens (tertiary/aromatic N) is 2. The van der Waals surface area contributed by atoms with Gasteiger partial charge in [0.15, 0.2) is 5.75 Å². The highest BCUT2D eigenvalue weighted by atomic mass is 32.2. The van der Waals surface area contributed by atoms with Crippen molar-refractivity contribution in [2.75, 3.05) is 19.0 Å². The predicted octanol–water partition coefficient (Wildman–Crippen LogP) is 1.89. The number of ether oxygens (including phenoxy) is 2. The van der Waals surface area contributed by atoms with Gasteiger partial charge in [0.1, 0.15) is 12.2 Å². The van der Waals surface area contributed by atoms with Gasteiger partial charge in [-0.25, -0.2) is 19.3 Å². The van der Waals surface area contributed by atoms with Crippen LogP contribution in [0.4, 0.5) is 10.7 Å². The first-order chi connectivity index (χ1) is 14.1. The van der Waals surface area contributed by atoms with E-state index in [4.69, 9.17) is 13.7 Å². The summed E-state index contributed by atoms with van der Waals surface area (Å²) in [4.78, 5) is 32.0. The molecule has 0 saturated heterocycles. The van der Waals surface area contributed by atoms with Crippen LogP contribution in [0.15, 0.2) is 36.9 Å². The number of para-hydroxylation sites is 1. The molecule has 0 spiro atoms. The number of urea groups is 1. The maximum Gasteiger partial charge on any atom is 0.411 e. The van der Waals surface area contributed by atoms with Crippen LogP contribution in [0, 0.1) is 13.8 Å². The fraction of sp³-hybridized carbons (Fsp3) is 0.222. The molecule has 0 atom stereocenters. The molecule has 1 heterocycles. The van der Waals surface area contributed by atoms with Crippen molar-refractivity contribution in [3.8, 4) is 11.6 Å². The Morgan fingerprint density at radius 1 is 1.23 bits per heavy atom. The lowest BCUT2D eigenvalue weighted by molar-refractivity contribution is 0.0547. The lowest BCUT2D eigenvalue weighted by Gasteiger charge is -2.14. The maximum absolute atomic E-state index is 12.3. The number of carbonyl (C=O) groups is 2. The van der Waals surface area contributed by atoms with Crippen LogP contribution in [0.2, 0.25) is 0 Å². The Morgan fingerprint density at radius 3 is 2.63 bits per heavy atom. The van der Waals surface area contributed by atoms with E-state index in [2.05, 4.69) is 21.9 Å². The zero-order valence-electron chi connectivity index (χ0n) is 16.5. The first-order valence-corrected chi connectivity index (χ1v) is 9.86. The molecule has 1 aromatic heterocycles. The fourth-order valence-corrected chi connectivity index (χ4v) is 2.97. The summed E-state index contributed by atoms with van der Waals surface area (Å²) in [5.74, 6) is -1.09. The Hall–Kier alpha value is -3.67. The van der Waals surface area contributed by atoms with Gasteiger partial charge in [-0.3, -0.25) is 5.32 Å². The van der Waals surface area contributed by atoms with E-state index in [1.807, 2.05) is 0 Å². The van der Waals surface area contributed by atoms with E-state index in [-0.39, 0.29) is 29.7 Å². The topological polar surface area (TPSA) is 146 Å². The van der Waals surface area contributed by atoms with E-state index in [0.29, 0.717) is 11.3 Å². The molecule has 1 aromatic carbocycles. The molecule has 0 aliphatic rings. The van der Waals surface area contributed by atoms with Crippen LogP contribution in [0.5, 0.6) is 11.6 Å². The number of amides is 2. The molecule has 0 bridgehead atoms. The Kier molecular flexibility index (Phi) is 7.31.